The van der Waals surface area contributed by atoms with Crippen LogP contribution in [0.15, 0.2) is 47.9 Å². The summed E-state index contributed by atoms with van der Waals surface area (Å²) in [5, 5.41) is 5.18. The summed E-state index contributed by atoms with van der Waals surface area (Å²) < 4.78 is 15.7. The number of aryl methyl sites for hydroxylation is 2. The van der Waals surface area contributed by atoms with E-state index in [1.807, 2.05) is 11.4 Å². The van der Waals surface area contributed by atoms with E-state index in [4.69, 9.17) is 14.2 Å². The first-order valence-corrected chi connectivity index (χ1v) is 11.9. The number of amides is 1. The van der Waals surface area contributed by atoms with Crippen LogP contribution >= 0.6 is 11.3 Å². The Kier molecular flexibility index (Phi) is 7.33. The van der Waals surface area contributed by atoms with Gasteiger partial charge in [-0.15, -0.1) is 11.3 Å². The molecule has 0 aliphatic heterocycles. The van der Waals surface area contributed by atoms with Gasteiger partial charge in [0.2, 0.25) is 5.91 Å². The molecule has 1 heterocycles. The third-order valence-corrected chi connectivity index (χ3v) is 6.82. The quantitative estimate of drug-likeness (QED) is 0.346. The summed E-state index contributed by atoms with van der Waals surface area (Å²) in [4.78, 5) is 25.4. The number of methoxy groups -OCH3 is 3. The van der Waals surface area contributed by atoms with E-state index >= 15 is 0 Å². The Balaban J connectivity index is 1.60. The summed E-state index contributed by atoms with van der Waals surface area (Å²) in [6.45, 7) is 0. The van der Waals surface area contributed by atoms with Gasteiger partial charge in [0.05, 0.1) is 21.3 Å². The molecular weight excluding hydrogens is 450 g/mol. The van der Waals surface area contributed by atoms with Gasteiger partial charge < -0.3 is 19.5 Å². The van der Waals surface area contributed by atoms with Gasteiger partial charge in [-0.2, -0.15) is 0 Å². The molecule has 1 amide bonds. The van der Waals surface area contributed by atoms with E-state index in [2.05, 4.69) is 17.4 Å². The largest absolute Gasteiger partial charge is 0.497 e. The number of thiophene rings is 1. The van der Waals surface area contributed by atoms with E-state index in [1.54, 1.807) is 38.5 Å². The number of ether oxygens (including phenoxy) is 3. The lowest BCUT2D eigenvalue weighted by atomic mass is 9.89. The highest BCUT2D eigenvalue weighted by atomic mass is 32.1. The van der Waals surface area contributed by atoms with E-state index in [0.717, 1.165) is 24.0 Å². The monoisotopic (exact) mass is 477 g/mol. The number of fused-ring (bicyclic) bond motifs is 1. The summed E-state index contributed by atoms with van der Waals surface area (Å²) in [5.41, 5.74) is 5.48. The number of carbonyl (C=O) groups is 2. The Bertz CT molecular complexity index is 1240. The van der Waals surface area contributed by atoms with E-state index in [0.29, 0.717) is 27.6 Å². The molecule has 0 saturated carbocycles. The van der Waals surface area contributed by atoms with Crippen molar-refractivity contribution in [3.63, 3.8) is 0 Å². The second-order valence-corrected chi connectivity index (χ2v) is 8.85. The zero-order chi connectivity index (χ0) is 24.1. The molecule has 4 rings (SSSR count). The van der Waals surface area contributed by atoms with Crippen LogP contribution in [-0.4, -0.2) is 33.2 Å². The van der Waals surface area contributed by atoms with Gasteiger partial charge in [-0.3, -0.25) is 4.79 Å². The van der Waals surface area contributed by atoms with Crippen LogP contribution in [0.4, 0.5) is 5.00 Å². The number of carbonyl (C=O) groups excluding carboxylic acids is 2. The van der Waals surface area contributed by atoms with Gasteiger partial charge in [0.15, 0.2) is 0 Å². The Morgan fingerprint density at radius 2 is 1.76 bits per heavy atom. The topological polar surface area (TPSA) is 73.9 Å². The van der Waals surface area contributed by atoms with Gasteiger partial charge in [0, 0.05) is 22.6 Å². The highest BCUT2D eigenvalue weighted by Crippen LogP contribution is 2.38. The van der Waals surface area contributed by atoms with Crippen LogP contribution in [0.1, 0.15) is 39.9 Å². The molecule has 176 valence electrons. The van der Waals surface area contributed by atoms with Crippen molar-refractivity contribution in [2.75, 3.05) is 26.6 Å². The molecule has 0 fully saturated rings. The van der Waals surface area contributed by atoms with Crippen LogP contribution in [0.2, 0.25) is 0 Å². The second-order valence-electron chi connectivity index (χ2n) is 7.97. The molecule has 7 heteroatoms. The summed E-state index contributed by atoms with van der Waals surface area (Å²) in [7, 11) is 4.49. The lowest BCUT2D eigenvalue weighted by molar-refractivity contribution is -0.111. The smallest absolute Gasteiger partial charge is 0.341 e. The zero-order valence-corrected chi connectivity index (χ0v) is 20.3. The van der Waals surface area contributed by atoms with Crippen molar-refractivity contribution in [2.45, 2.75) is 25.7 Å². The fourth-order valence-corrected chi connectivity index (χ4v) is 5.12. The molecule has 1 aliphatic carbocycles. The summed E-state index contributed by atoms with van der Waals surface area (Å²) in [6, 6.07) is 11.7. The highest BCUT2D eigenvalue weighted by molar-refractivity contribution is 7.15. The Hall–Kier alpha value is -3.58. The fourth-order valence-electron chi connectivity index (χ4n) is 4.16. The Morgan fingerprint density at radius 1 is 0.971 bits per heavy atom. The minimum atomic E-state index is -0.484. The van der Waals surface area contributed by atoms with Crippen LogP contribution in [0, 0.1) is 0 Å². The average Bonchev–Trinajstić information content (AvgIpc) is 3.29. The summed E-state index contributed by atoms with van der Waals surface area (Å²) in [5.74, 6) is 0.421. The van der Waals surface area contributed by atoms with Crippen molar-refractivity contribution in [3.05, 3.63) is 70.1 Å². The lowest BCUT2D eigenvalue weighted by Gasteiger charge is -2.16. The molecule has 0 radical (unpaired) electrons. The van der Waals surface area contributed by atoms with Gasteiger partial charge in [-0.25, -0.2) is 4.79 Å². The third kappa shape index (κ3) is 4.99. The average molecular weight is 478 g/mol. The van der Waals surface area contributed by atoms with E-state index in [1.165, 1.54) is 48.5 Å². The molecule has 0 spiro atoms. The standard InChI is InChI=1S/C27H27NO5S/c1-31-21-11-12-23(32-2)20(15-21)10-13-24(29)28-26-25(27(30)33-3)22(16-34-26)19-9-8-17-6-4-5-7-18(17)14-19/h8-16H,4-7H2,1-3H3,(H,28,29)/b13-10+. The van der Waals surface area contributed by atoms with Crippen molar-refractivity contribution in [3.8, 4) is 22.6 Å². The number of esters is 1. The van der Waals surface area contributed by atoms with Crippen LogP contribution < -0.4 is 14.8 Å². The Labute approximate surface area is 203 Å². The number of anilines is 1. The van der Waals surface area contributed by atoms with Crippen LogP contribution in [0.5, 0.6) is 11.5 Å². The zero-order valence-electron chi connectivity index (χ0n) is 19.5. The van der Waals surface area contributed by atoms with Gasteiger partial charge in [-0.1, -0.05) is 18.2 Å². The maximum absolute atomic E-state index is 12.7. The molecule has 3 aromatic rings. The predicted molar refractivity (Wildman–Crippen MR) is 135 cm³/mol. The number of hydrogen-bond donors (Lipinski definition) is 1. The molecule has 1 aliphatic rings. The van der Waals surface area contributed by atoms with Crippen molar-refractivity contribution in [1.82, 2.24) is 0 Å². The minimum Gasteiger partial charge on any atom is -0.497 e. The van der Waals surface area contributed by atoms with Gasteiger partial charge >= 0.3 is 5.97 Å². The molecule has 1 N–H and O–H groups in total. The first-order chi connectivity index (χ1) is 16.5. The van der Waals surface area contributed by atoms with Gasteiger partial charge in [-0.05, 0) is 66.6 Å². The van der Waals surface area contributed by atoms with E-state index < -0.39 is 5.97 Å². The first kappa shape index (κ1) is 23.6. The Morgan fingerprint density at radius 3 is 2.50 bits per heavy atom. The third-order valence-electron chi connectivity index (χ3n) is 5.93. The molecule has 0 bridgehead atoms. The van der Waals surface area contributed by atoms with Gasteiger partial charge in [0.25, 0.3) is 0 Å². The minimum absolute atomic E-state index is 0.365. The maximum atomic E-state index is 12.7. The molecule has 6 nitrogen and oxygen atoms in total. The SMILES string of the molecule is COC(=O)c1c(-c2ccc3c(c2)CCCC3)csc1NC(=O)/C=C/c1cc(OC)ccc1OC. The molecule has 0 atom stereocenters. The maximum Gasteiger partial charge on any atom is 0.341 e. The number of hydrogen-bond acceptors (Lipinski definition) is 6. The molecule has 34 heavy (non-hydrogen) atoms. The second kappa shape index (κ2) is 10.6. The lowest BCUT2D eigenvalue weighted by Crippen LogP contribution is -2.11. The summed E-state index contributed by atoms with van der Waals surface area (Å²) in [6.07, 6.45) is 7.57. The van der Waals surface area contributed by atoms with Crippen molar-refractivity contribution in [2.24, 2.45) is 0 Å². The number of nitrogens with one attached hydrogen (secondary N) is 1. The van der Waals surface area contributed by atoms with E-state index in [-0.39, 0.29) is 5.91 Å². The summed E-state index contributed by atoms with van der Waals surface area (Å²) >= 11 is 1.30. The van der Waals surface area contributed by atoms with Gasteiger partial charge in [0.1, 0.15) is 22.1 Å². The predicted octanol–water partition coefficient (Wildman–Crippen LogP) is 5.75. The van der Waals surface area contributed by atoms with E-state index in [9.17, 15) is 9.59 Å². The number of rotatable bonds is 7. The van der Waals surface area contributed by atoms with Crippen LogP contribution in [0.3, 0.4) is 0 Å². The molecule has 2 aromatic carbocycles. The number of benzene rings is 2. The molecule has 0 unspecified atom stereocenters. The molecular formula is C27H27NO5S. The van der Waals surface area contributed by atoms with Crippen molar-refractivity contribution >= 4 is 34.3 Å². The van der Waals surface area contributed by atoms with Crippen LogP contribution in [-0.2, 0) is 22.4 Å². The first-order valence-electron chi connectivity index (χ1n) is 11.1. The fraction of sp³-hybridized carbons (Fsp3) is 0.259. The van der Waals surface area contributed by atoms with Crippen LogP contribution in [0.25, 0.3) is 17.2 Å². The highest BCUT2D eigenvalue weighted by Gasteiger charge is 2.23. The molecule has 0 saturated heterocycles. The van der Waals surface area contributed by atoms with Crippen molar-refractivity contribution < 1.29 is 23.8 Å². The van der Waals surface area contributed by atoms with Crippen molar-refractivity contribution in [1.29, 1.82) is 0 Å². The normalized spacial score (nSPS) is 12.8. The molecule has 1 aromatic heterocycles.